The first-order valence-electron chi connectivity index (χ1n) is 7.39. The topological polar surface area (TPSA) is 79.4 Å². The fourth-order valence-electron chi connectivity index (χ4n) is 2.68. The second-order valence-corrected chi connectivity index (χ2v) is 6.54. The van der Waals surface area contributed by atoms with Gasteiger partial charge in [0.1, 0.15) is 5.75 Å². The van der Waals surface area contributed by atoms with Crippen molar-refractivity contribution in [2.45, 2.75) is 36.4 Å². The van der Waals surface area contributed by atoms with Crippen molar-refractivity contribution in [2.75, 3.05) is 6.79 Å². The average Bonchev–Trinajstić information content (AvgIpc) is 3.30. The number of ether oxygens (including phenoxy) is 2. The summed E-state index contributed by atoms with van der Waals surface area (Å²) in [6.45, 7) is 0.518. The van der Waals surface area contributed by atoms with Crippen LogP contribution in [0.2, 0.25) is 0 Å². The van der Waals surface area contributed by atoms with Crippen molar-refractivity contribution in [3.05, 3.63) is 45.8 Å². The molecule has 0 radical (unpaired) electrons. The standard InChI is InChI=1S/C15H15N3O4S/c19-18(20)13-5-10-7-21-9-22-14(10)11(6-13)8-23-15-16-3-4-17(15)12-1-2-12/h3-6,12H,1-2,7-9H2. The Labute approximate surface area is 136 Å². The summed E-state index contributed by atoms with van der Waals surface area (Å²) < 4.78 is 13.0. The predicted octanol–water partition coefficient (Wildman–Crippen LogP) is 3.29. The van der Waals surface area contributed by atoms with Crippen molar-refractivity contribution in [3.8, 4) is 5.75 Å². The van der Waals surface area contributed by atoms with Gasteiger partial charge in [0.15, 0.2) is 11.9 Å². The molecule has 2 aromatic rings. The molecule has 0 spiro atoms. The highest BCUT2D eigenvalue weighted by Crippen LogP contribution is 2.40. The average molecular weight is 333 g/mol. The van der Waals surface area contributed by atoms with Crippen molar-refractivity contribution in [3.63, 3.8) is 0 Å². The Hall–Kier alpha value is -2.06. The number of nitro groups is 1. The molecule has 23 heavy (non-hydrogen) atoms. The highest BCUT2D eigenvalue weighted by Gasteiger charge is 2.26. The molecule has 0 N–H and O–H groups in total. The van der Waals surface area contributed by atoms with Crippen LogP contribution in [0, 0.1) is 10.1 Å². The zero-order valence-corrected chi connectivity index (χ0v) is 13.1. The van der Waals surface area contributed by atoms with E-state index in [0.29, 0.717) is 24.2 Å². The lowest BCUT2D eigenvalue weighted by atomic mass is 10.1. The van der Waals surface area contributed by atoms with E-state index in [4.69, 9.17) is 9.47 Å². The lowest BCUT2D eigenvalue weighted by Crippen LogP contribution is -2.13. The number of imidazole rings is 1. The Morgan fingerprint density at radius 2 is 2.30 bits per heavy atom. The highest BCUT2D eigenvalue weighted by atomic mass is 32.2. The third kappa shape index (κ3) is 2.91. The van der Waals surface area contributed by atoms with E-state index in [-0.39, 0.29) is 17.4 Å². The summed E-state index contributed by atoms with van der Waals surface area (Å²) in [4.78, 5) is 15.1. The number of non-ortho nitro benzene ring substituents is 1. The first kappa shape index (κ1) is 14.5. The zero-order chi connectivity index (χ0) is 15.8. The molecule has 2 aliphatic rings. The maximum Gasteiger partial charge on any atom is 0.270 e. The minimum atomic E-state index is -0.381. The number of aromatic nitrogens is 2. The molecule has 1 aliphatic carbocycles. The third-order valence-corrected chi connectivity index (χ3v) is 4.94. The number of nitrogens with zero attached hydrogens (tertiary/aromatic N) is 3. The van der Waals surface area contributed by atoms with Gasteiger partial charge < -0.3 is 14.0 Å². The summed E-state index contributed by atoms with van der Waals surface area (Å²) in [6.07, 6.45) is 6.17. The largest absolute Gasteiger partial charge is 0.467 e. The number of nitro benzene ring substituents is 1. The fraction of sp³-hybridized carbons (Fsp3) is 0.400. The number of thioether (sulfide) groups is 1. The van der Waals surface area contributed by atoms with Gasteiger partial charge in [-0.3, -0.25) is 10.1 Å². The number of hydrogen-bond acceptors (Lipinski definition) is 6. The lowest BCUT2D eigenvalue weighted by molar-refractivity contribution is -0.385. The second-order valence-electron chi connectivity index (χ2n) is 5.60. The summed E-state index contributed by atoms with van der Waals surface area (Å²) in [5, 5.41) is 12.1. The molecule has 1 aromatic carbocycles. The second kappa shape index (κ2) is 5.86. The van der Waals surface area contributed by atoms with Crippen molar-refractivity contribution in [1.29, 1.82) is 0 Å². The maximum atomic E-state index is 11.1. The Balaban J connectivity index is 1.61. The van der Waals surface area contributed by atoms with Crippen LogP contribution in [-0.2, 0) is 17.1 Å². The van der Waals surface area contributed by atoms with Gasteiger partial charge in [-0.05, 0) is 12.8 Å². The summed E-state index contributed by atoms with van der Waals surface area (Å²) >= 11 is 1.58. The molecule has 0 bridgehead atoms. The third-order valence-electron chi connectivity index (χ3n) is 3.91. The minimum absolute atomic E-state index is 0.0685. The van der Waals surface area contributed by atoms with Gasteiger partial charge in [0.2, 0.25) is 0 Å². The van der Waals surface area contributed by atoms with Gasteiger partial charge in [-0.15, -0.1) is 0 Å². The van der Waals surface area contributed by atoms with E-state index in [0.717, 1.165) is 16.3 Å². The molecule has 7 nitrogen and oxygen atoms in total. The van der Waals surface area contributed by atoms with E-state index in [1.807, 2.05) is 6.20 Å². The van der Waals surface area contributed by atoms with E-state index in [2.05, 4.69) is 9.55 Å². The molecule has 0 saturated heterocycles. The van der Waals surface area contributed by atoms with Gasteiger partial charge in [0, 0.05) is 47.4 Å². The summed E-state index contributed by atoms with van der Waals surface area (Å²) in [6, 6.07) is 3.67. The monoisotopic (exact) mass is 333 g/mol. The van der Waals surface area contributed by atoms with Crippen molar-refractivity contribution >= 4 is 17.4 Å². The quantitative estimate of drug-likeness (QED) is 0.474. The van der Waals surface area contributed by atoms with E-state index in [9.17, 15) is 10.1 Å². The van der Waals surface area contributed by atoms with Crippen LogP contribution in [-0.4, -0.2) is 21.3 Å². The maximum absolute atomic E-state index is 11.1. The summed E-state index contributed by atoms with van der Waals surface area (Å²) in [5.74, 6) is 1.28. The minimum Gasteiger partial charge on any atom is -0.467 e. The van der Waals surface area contributed by atoms with Crippen LogP contribution in [0.3, 0.4) is 0 Å². The normalized spacial score (nSPS) is 16.7. The van der Waals surface area contributed by atoms with Gasteiger partial charge in [-0.25, -0.2) is 4.98 Å². The Kier molecular flexibility index (Phi) is 3.70. The van der Waals surface area contributed by atoms with Crippen molar-refractivity contribution in [2.24, 2.45) is 0 Å². The van der Waals surface area contributed by atoms with Gasteiger partial charge >= 0.3 is 0 Å². The Bertz CT molecular complexity index is 757. The van der Waals surface area contributed by atoms with Gasteiger partial charge in [-0.2, -0.15) is 0 Å². The molecule has 2 heterocycles. The predicted molar refractivity (Wildman–Crippen MR) is 83.4 cm³/mol. The van der Waals surface area contributed by atoms with E-state index in [1.54, 1.807) is 24.0 Å². The number of benzene rings is 1. The molecule has 0 amide bonds. The molecule has 1 saturated carbocycles. The Morgan fingerprint density at radius 1 is 1.43 bits per heavy atom. The number of hydrogen-bond donors (Lipinski definition) is 0. The molecular formula is C15H15N3O4S. The zero-order valence-electron chi connectivity index (χ0n) is 12.3. The molecule has 8 heteroatoms. The summed E-state index contributed by atoms with van der Waals surface area (Å²) in [7, 11) is 0. The summed E-state index contributed by atoms with van der Waals surface area (Å²) in [5.41, 5.74) is 1.61. The van der Waals surface area contributed by atoms with Crippen LogP contribution >= 0.6 is 11.8 Å². The van der Waals surface area contributed by atoms with Gasteiger partial charge in [0.05, 0.1) is 11.5 Å². The van der Waals surface area contributed by atoms with Gasteiger partial charge in [-0.1, -0.05) is 11.8 Å². The number of fused-ring (bicyclic) bond motifs is 1. The van der Waals surface area contributed by atoms with Crippen LogP contribution in [0.15, 0.2) is 29.7 Å². The molecule has 120 valence electrons. The van der Waals surface area contributed by atoms with Crippen molar-refractivity contribution in [1.82, 2.24) is 9.55 Å². The van der Waals surface area contributed by atoms with E-state index in [1.165, 1.54) is 18.9 Å². The molecule has 4 rings (SSSR count). The van der Waals surface area contributed by atoms with Crippen LogP contribution in [0.1, 0.15) is 30.0 Å². The SMILES string of the molecule is O=[N+]([O-])c1cc2c(c(CSc3nccn3C3CC3)c1)OCOC2. The van der Waals surface area contributed by atoms with Crippen LogP contribution in [0.5, 0.6) is 5.75 Å². The molecular weight excluding hydrogens is 318 g/mol. The molecule has 1 aliphatic heterocycles. The fourth-order valence-corrected chi connectivity index (χ4v) is 3.67. The molecule has 0 unspecified atom stereocenters. The smallest absolute Gasteiger partial charge is 0.270 e. The lowest BCUT2D eigenvalue weighted by Gasteiger charge is -2.20. The van der Waals surface area contributed by atoms with E-state index < -0.39 is 0 Å². The first-order valence-corrected chi connectivity index (χ1v) is 8.37. The highest BCUT2D eigenvalue weighted by molar-refractivity contribution is 7.98. The van der Waals surface area contributed by atoms with Gasteiger partial charge in [0.25, 0.3) is 5.69 Å². The van der Waals surface area contributed by atoms with Crippen molar-refractivity contribution < 1.29 is 14.4 Å². The number of rotatable bonds is 5. The van der Waals surface area contributed by atoms with Crippen LogP contribution in [0.4, 0.5) is 5.69 Å². The van der Waals surface area contributed by atoms with E-state index >= 15 is 0 Å². The molecule has 0 atom stereocenters. The Morgan fingerprint density at radius 3 is 3.09 bits per heavy atom. The molecule has 1 fully saturated rings. The molecule has 1 aromatic heterocycles. The first-order chi connectivity index (χ1) is 11.2. The van der Waals surface area contributed by atoms with Crippen LogP contribution in [0.25, 0.3) is 0 Å². The van der Waals surface area contributed by atoms with Crippen LogP contribution < -0.4 is 4.74 Å².